The van der Waals surface area contributed by atoms with Gasteiger partial charge in [0.1, 0.15) is 17.5 Å². The molecule has 7 heteroatoms. The lowest BCUT2D eigenvalue weighted by Crippen LogP contribution is -2.26. The van der Waals surface area contributed by atoms with Crippen molar-refractivity contribution in [3.8, 4) is 23.6 Å². The smallest absolute Gasteiger partial charge is 0.264 e. The Hall–Kier alpha value is -4.62. The molecule has 3 N–H and O–H groups in total. The van der Waals surface area contributed by atoms with Crippen LogP contribution < -0.4 is 16.6 Å². The number of hydrogen-bond donors (Lipinski definition) is 2. The Kier molecular flexibility index (Phi) is 5.57. The Morgan fingerprint density at radius 3 is 2.62 bits per heavy atom. The molecule has 32 heavy (non-hydrogen) atoms. The second-order valence-corrected chi connectivity index (χ2v) is 7.16. The molecule has 2 aromatic heterocycles. The Morgan fingerprint density at radius 1 is 1.12 bits per heavy atom. The first-order valence-electron chi connectivity index (χ1n) is 9.99. The molecule has 0 aliphatic carbocycles. The largest absolute Gasteiger partial charge is 0.368 e. The summed E-state index contributed by atoms with van der Waals surface area (Å²) < 4.78 is 1.66. The highest BCUT2D eigenvalue weighted by atomic mass is 16.1. The van der Waals surface area contributed by atoms with Gasteiger partial charge in [0.25, 0.3) is 5.56 Å². The zero-order valence-electron chi connectivity index (χ0n) is 17.6. The van der Waals surface area contributed by atoms with Crippen LogP contribution in [0.15, 0.2) is 65.6 Å². The number of aromatic nitrogens is 3. The summed E-state index contributed by atoms with van der Waals surface area (Å²) in [4.78, 5) is 21.8. The first-order chi connectivity index (χ1) is 15.5. The summed E-state index contributed by atoms with van der Waals surface area (Å²) in [6.07, 6.45) is 1.37. The van der Waals surface area contributed by atoms with Crippen LogP contribution in [-0.2, 0) is 0 Å². The fourth-order valence-electron chi connectivity index (χ4n) is 3.65. The molecule has 7 nitrogen and oxygen atoms in total. The third-order valence-corrected chi connectivity index (χ3v) is 5.07. The summed E-state index contributed by atoms with van der Waals surface area (Å²) in [6, 6.07) is 18.7. The molecule has 0 fully saturated rings. The molecule has 2 heterocycles. The van der Waals surface area contributed by atoms with Crippen LogP contribution in [0.3, 0.4) is 0 Å². The Morgan fingerprint density at radius 2 is 1.91 bits per heavy atom. The molecular weight excluding hydrogens is 400 g/mol. The van der Waals surface area contributed by atoms with Crippen molar-refractivity contribution in [2.24, 2.45) is 0 Å². The number of hydrogen-bond acceptors (Lipinski definition) is 6. The van der Waals surface area contributed by atoms with Gasteiger partial charge in [0.15, 0.2) is 0 Å². The minimum Gasteiger partial charge on any atom is -0.368 e. The van der Waals surface area contributed by atoms with Crippen LogP contribution in [0, 0.1) is 23.2 Å². The molecule has 0 radical (unpaired) electrons. The molecule has 2 aromatic carbocycles. The zero-order chi connectivity index (χ0) is 22.7. The van der Waals surface area contributed by atoms with Gasteiger partial charge < -0.3 is 11.1 Å². The van der Waals surface area contributed by atoms with E-state index in [2.05, 4.69) is 33.2 Å². The van der Waals surface area contributed by atoms with Crippen molar-refractivity contribution in [3.05, 3.63) is 88.0 Å². The summed E-state index contributed by atoms with van der Waals surface area (Å²) in [5.74, 6) is 6.28. The summed E-state index contributed by atoms with van der Waals surface area (Å²) in [5, 5.41) is 14.0. The predicted octanol–water partition coefficient (Wildman–Crippen LogP) is 3.78. The van der Waals surface area contributed by atoms with E-state index in [-0.39, 0.29) is 23.1 Å². The quantitative estimate of drug-likeness (QED) is 0.486. The average molecular weight is 420 g/mol. The first-order valence-corrected chi connectivity index (χ1v) is 9.99. The van der Waals surface area contributed by atoms with Crippen LogP contribution in [0.25, 0.3) is 16.5 Å². The number of anilines is 2. The number of para-hydroxylation sites is 1. The van der Waals surface area contributed by atoms with Gasteiger partial charge in [0, 0.05) is 16.9 Å². The Labute approximate surface area is 185 Å². The monoisotopic (exact) mass is 420 g/mol. The van der Waals surface area contributed by atoms with Crippen LogP contribution in [0.5, 0.6) is 0 Å². The van der Waals surface area contributed by atoms with Gasteiger partial charge in [0.05, 0.1) is 17.6 Å². The van der Waals surface area contributed by atoms with Crippen molar-refractivity contribution in [2.75, 3.05) is 11.1 Å². The molecule has 1 atom stereocenters. The number of fused-ring (bicyclic) bond motifs is 1. The van der Waals surface area contributed by atoms with Crippen molar-refractivity contribution in [1.82, 2.24) is 14.5 Å². The summed E-state index contributed by atoms with van der Waals surface area (Å²) >= 11 is 0. The van der Waals surface area contributed by atoms with Crippen molar-refractivity contribution in [1.29, 1.82) is 5.26 Å². The van der Waals surface area contributed by atoms with E-state index in [0.29, 0.717) is 22.5 Å². The maximum Gasteiger partial charge on any atom is 0.264 e. The number of nitrogen functional groups attached to an aromatic ring is 1. The lowest BCUT2D eigenvalue weighted by atomic mass is 10.0. The molecule has 0 saturated heterocycles. The summed E-state index contributed by atoms with van der Waals surface area (Å²) in [7, 11) is 0. The van der Waals surface area contributed by atoms with E-state index in [4.69, 9.17) is 5.73 Å². The lowest BCUT2D eigenvalue weighted by molar-refractivity contribution is 0.772. The van der Waals surface area contributed by atoms with Gasteiger partial charge in [0.2, 0.25) is 5.95 Å². The fraction of sp³-hybridized carbons (Fsp3) is 0.120. The van der Waals surface area contributed by atoms with Crippen molar-refractivity contribution < 1.29 is 0 Å². The van der Waals surface area contributed by atoms with Gasteiger partial charge >= 0.3 is 0 Å². The van der Waals surface area contributed by atoms with Gasteiger partial charge in [-0.25, -0.2) is 4.98 Å². The standard InChI is InChI=1S/C25H20N6O/c1-3-8-17-9-7-10-18-13-21(16(2)29-23-19(14-26)15-28-25(27)30-23)31(24(32)22(17)18)20-11-5-4-6-12-20/h4-7,9-13,15-16H,1-2H3,(H3,27,28,29,30)/t16-/m0/s1. The van der Waals surface area contributed by atoms with E-state index < -0.39 is 0 Å². The molecule has 0 unspecified atom stereocenters. The minimum absolute atomic E-state index is 0.0560. The van der Waals surface area contributed by atoms with Crippen molar-refractivity contribution >= 4 is 22.5 Å². The van der Waals surface area contributed by atoms with E-state index in [1.165, 1.54) is 6.20 Å². The highest BCUT2D eigenvalue weighted by Gasteiger charge is 2.19. The summed E-state index contributed by atoms with van der Waals surface area (Å²) in [6.45, 7) is 3.64. The number of nitriles is 1. The predicted molar refractivity (Wildman–Crippen MR) is 125 cm³/mol. The number of nitrogens with zero attached hydrogens (tertiary/aromatic N) is 4. The van der Waals surface area contributed by atoms with Gasteiger partial charge in [-0.15, -0.1) is 5.92 Å². The Balaban J connectivity index is 1.96. The topological polar surface area (TPSA) is 110 Å². The molecule has 0 spiro atoms. The highest BCUT2D eigenvalue weighted by Crippen LogP contribution is 2.26. The maximum absolute atomic E-state index is 13.7. The van der Waals surface area contributed by atoms with Crippen LogP contribution in [0.4, 0.5) is 11.8 Å². The van der Waals surface area contributed by atoms with E-state index in [1.54, 1.807) is 11.5 Å². The number of benzene rings is 2. The minimum atomic E-state index is -0.380. The second kappa shape index (κ2) is 8.63. The lowest BCUT2D eigenvalue weighted by Gasteiger charge is -2.22. The summed E-state index contributed by atoms with van der Waals surface area (Å²) in [5.41, 5.74) is 7.93. The van der Waals surface area contributed by atoms with E-state index >= 15 is 0 Å². The third-order valence-electron chi connectivity index (χ3n) is 5.07. The van der Waals surface area contributed by atoms with Gasteiger partial charge in [-0.1, -0.05) is 36.3 Å². The fourth-order valence-corrected chi connectivity index (χ4v) is 3.65. The number of nitrogens with one attached hydrogen (secondary N) is 1. The van der Waals surface area contributed by atoms with Crippen molar-refractivity contribution in [3.63, 3.8) is 0 Å². The van der Waals surface area contributed by atoms with Crippen LogP contribution in [0.2, 0.25) is 0 Å². The van der Waals surface area contributed by atoms with Gasteiger partial charge in [-0.3, -0.25) is 9.36 Å². The SMILES string of the molecule is CC#Cc1cccc2cc([C@H](C)Nc3nc(N)ncc3C#N)n(-c3ccccc3)c(=O)c12. The van der Waals surface area contributed by atoms with E-state index in [9.17, 15) is 10.1 Å². The number of rotatable bonds is 4. The first kappa shape index (κ1) is 20.6. The third kappa shape index (κ3) is 3.76. The van der Waals surface area contributed by atoms with Crippen LogP contribution in [-0.4, -0.2) is 14.5 Å². The highest BCUT2D eigenvalue weighted by molar-refractivity contribution is 5.88. The number of pyridine rings is 1. The van der Waals surface area contributed by atoms with E-state index in [1.807, 2.05) is 61.5 Å². The van der Waals surface area contributed by atoms with E-state index in [0.717, 1.165) is 11.1 Å². The second-order valence-electron chi connectivity index (χ2n) is 7.16. The average Bonchev–Trinajstić information content (AvgIpc) is 2.80. The molecule has 4 rings (SSSR count). The molecule has 0 saturated carbocycles. The zero-order valence-corrected chi connectivity index (χ0v) is 17.6. The van der Waals surface area contributed by atoms with Gasteiger partial charge in [-0.05, 0) is 43.5 Å². The maximum atomic E-state index is 13.7. The van der Waals surface area contributed by atoms with Crippen LogP contribution >= 0.6 is 0 Å². The molecule has 0 aliphatic heterocycles. The molecule has 0 amide bonds. The molecule has 4 aromatic rings. The Bertz CT molecular complexity index is 1470. The molecule has 0 aliphatic rings. The normalized spacial score (nSPS) is 11.3. The molecule has 156 valence electrons. The van der Waals surface area contributed by atoms with Crippen LogP contribution in [0.1, 0.15) is 36.7 Å². The van der Waals surface area contributed by atoms with Gasteiger partial charge in [-0.2, -0.15) is 10.2 Å². The number of nitrogens with two attached hydrogens (primary N) is 1. The van der Waals surface area contributed by atoms with Crippen molar-refractivity contribution in [2.45, 2.75) is 19.9 Å². The molecule has 0 bridgehead atoms. The molecular formula is C25H20N6O.